The molecule has 0 unspecified atom stereocenters. The normalized spacial score (nSPS) is 20.7. The Kier molecular flexibility index (Phi) is 9.90. The maximum atomic E-state index is 14.7. The van der Waals surface area contributed by atoms with E-state index in [0.717, 1.165) is 16.7 Å². The number of amidine groups is 1. The zero-order chi connectivity index (χ0) is 31.3. The fourth-order valence-corrected chi connectivity index (χ4v) is 6.39. The first kappa shape index (κ1) is 31.4. The second kappa shape index (κ2) is 14.2. The number of rotatable bonds is 7. The van der Waals surface area contributed by atoms with Gasteiger partial charge in [0.2, 0.25) is 5.91 Å². The molecule has 9 nitrogen and oxygen atoms in total. The number of benzene rings is 3. The molecule has 3 aliphatic rings. The predicted octanol–water partition coefficient (Wildman–Crippen LogP) is 5.53. The van der Waals surface area contributed by atoms with Crippen molar-refractivity contribution in [3.63, 3.8) is 0 Å². The van der Waals surface area contributed by atoms with Crippen LogP contribution in [0.4, 0.5) is 4.79 Å². The third-order valence-corrected chi connectivity index (χ3v) is 8.99. The third-order valence-electron chi connectivity index (χ3n) is 8.49. The smallest absolute Gasteiger partial charge is 0.326 e. The largest absolute Gasteiger partial charge is 0.493 e. The Labute approximate surface area is 273 Å². The molecule has 0 N–H and O–H groups in total. The summed E-state index contributed by atoms with van der Waals surface area (Å²) in [5, 5.41) is 1.24. The molecule has 2 atom stereocenters. The number of hydrogen-bond donors (Lipinski definition) is 0. The second-order valence-electron chi connectivity index (χ2n) is 11.3. The van der Waals surface area contributed by atoms with Gasteiger partial charge in [0.1, 0.15) is 17.6 Å². The molecule has 0 aliphatic carbocycles. The number of aliphatic imine (C=N–C) groups is 1. The van der Waals surface area contributed by atoms with Crippen molar-refractivity contribution in [2.24, 2.45) is 4.99 Å². The molecule has 3 aromatic carbocycles. The van der Waals surface area contributed by atoms with E-state index >= 15 is 0 Å². The number of amides is 3. The predicted molar refractivity (Wildman–Crippen MR) is 175 cm³/mol. The zero-order valence-corrected chi connectivity index (χ0v) is 26.8. The van der Waals surface area contributed by atoms with Crippen LogP contribution in [-0.4, -0.2) is 103 Å². The molecule has 2 fully saturated rings. The Hall–Kier alpha value is -3.63. The second-order valence-corrected chi connectivity index (χ2v) is 12.2. The van der Waals surface area contributed by atoms with Gasteiger partial charge in [-0.15, -0.1) is 0 Å². The lowest BCUT2D eigenvalue weighted by molar-refractivity contribution is -0.136. The van der Waals surface area contributed by atoms with Gasteiger partial charge >= 0.3 is 6.03 Å². The van der Waals surface area contributed by atoms with E-state index in [4.69, 9.17) is 37.7 Å². The quantitative estimate of drug-likeness (QED) is 0.336. The van der Waals surface area contributed by atoms with E-state index in [1.165, 1.54) is 0 Å². The van der Waals surface area contributed by atoms with E-state index in [-0.39, 0.29) is 11.9 Å². The van der Waals surface area contributed by atoms with E-state index in [0.29, 0.717) is 87.3 Å². The molecular formula is C34H37Cl2N5O4. The molecule has 3 amide bonds. The highest BCUT2D eigenvalue weighted by Gasteiger charge is 2.45. The molecule has 236 valence electrons. The molecule has 3 aromatic rings. The number of carbonyl (C=O) groups is 2. The Balaban J connectivity index is 1.32. The van der Waals surface area contributed by atoms with Gasteiger partial charge in [-0.2, -0.15) is 0 Å². The molecular weight excluding hydrogens is 613 g/mol. The first-order valence-electron chi connectivity index (χ1n) is 15.4. The van der Waals surface area contributed by atoms with Gasteiger partial charge in [0.25, 0.3) is 0 Å². The maximum Gasteiger partial charge on any atom is 0.326 e. The highest BCUT2D eigenvalue weighted by Crippen LogP contribution is 2.45. The monoisotopic (exact) mass is 649 g/mol. The zero-order valence-electron chi connectivity index (χ0n) is 25.3. The topological polar surface area (TPSA) is 77.9 Å². The molecule has 0 radical (unpaired) electrons. The number of para-hydroxylation sites is 1. The van der Waals surface area contributed by atoms with E-state index in [1.807, 2.05) is 94.4 Å². The lowest BCUT2D eigenvalue weighted by Crippen LogP contribution is -2.56. The first-order valence-corrected chi connectivity index (χ1v) is 16.2. The summed E-state index contributed by atoms with van der Waals surface area (Å²) >= 11 is 12.6. The molecule has 0 saturated carbocycles. The fourth-order valence-electron chi connectivity index (χ4n) is 6.14. The molecule has 0 bridgehead atoms. The van der Waals surface area contributed by atoms with Gasteiger partial charge in [0.05, 0.1) is 38.0 Å². The molecule has 3 aliphatic heterocycles. The van der Waals surface area contributed by atoms with Gasteiger partial charge in [-0.25, -0.2) is 4.79 Å². The summed E-state index contributed by atoms with van der Waals surface area (Å²) in [5.41, 5.74) is 2.60. The Morgan fingerprint density at radius 3 is 2.09 bits per heavy atom. The Morgan fingerprint density at radius 1 is 0.822 bits per heavy atom. The summed E-state index contributed by atoms with van der Waals surface area (Å²) in [6, 6.07) is 21.9. The summed E-state index contributed by atoms with van der Waals surface area (Å²) in [4.78, 5) is 40.5. The van der Waals surface area contributed by atoms with Crippen LogP contribution in [0.2, 0.25) is 10.0 Å². The van der Waals surface area contributed by atoms with Crippen LogP contribution < -0.4 is 4.74 Å². The highest BCUT2D eigenvalue weighted by atomic mass is 35.5. The van der Waals surface area contributed by atoms with Crippen molar-refractivity contribution >= 4 is 41.0 Å². The number of urea groups is 1. The molecule has 6 rings (SSSR count). The average Bonchev–Trinajstić information content (AvgIpc) is 3.46. The number of carbonyl (C=O) groups excluding carboxylic acids is 2. The maximum absolute atomic E-state index is 14.7. The summed E-state index contributed by atoms with van der Waals surface area (Å²) < 4.78 is 11.4. The van der Waals surface area contributed by atoms with Crippen molar-refractivity contribution in [2.75, 3.05) is 65.6 Å². The standard InChI is InChI=1S/C34H37Cl2N5O4/c1-2-45-29-6-4-3-5-28(29)33-37-31(24-7-11-26(35)12-8-24)32(25-9-13-27(36)14-10-25)41(33)34(43)40-17-15-38(16-18-40)23-30(42)39-19-21-44-22-20-39/h3-14,31-32H,2,15-23H2,1H3/t31-,32+/m0/s1. The molecule has 0 aromatic heterocycles. The summed E-state index contributed by atoms with van der Waals surface area (Å²) in [6.07, 6.45) is 0. The number of piperazine rings is 1. The number of nitrogens with zero attached hydrogens (tertiary/aromatic N) is 5. The lowest BCUT2D eigenvalue weighted by Gasteiger charge is -2.39. The van der Waals surface area contributed by atoms with Crippen molar-refractivity contribution in [3.05, 3.63) is 99.5 Å². The van der Waals surface area contributed by atoms with Gasteiger partial charge in [-0.05, 0) is 54.4 Å². The fraction of sp³-hybridized carbons (Fsp3) is 0.382. The van der Waals surface area contributed by atoms with Crippen LogP contribution in [0.3, 0.4) is 0 Å². The Bertz CT molecular complexity index is 1520. The molecule has 11 heteroatoms. The van der Waals surface area contributed by atoms with Crippen molar-refractivity contribution in [1.82, 2.24) is 19.6 Å². The number of ether oxygens (including phenoxy) is 2. The van der Waals surface area contributed by atoms with Crippen LogP contribution in [0.1, 0.15) is 35.7 Å². The van der Waals surface area contributed by atoms with E-state index in [9.17, 15) is 9.59 Å². The number of morpholine rings is 1. The minimum absolute atomic E-state index is 0.105. The third kappa shape index (κ3) is 6.97. The van der Waals surface area contributed by atoms with Gasteiger partial charge in [-0.3, -0.25) is 19.6 Å². The highest BCUT2D eigenvalue weighted by molar-refractivity contribution is 6.30. The van der Waals surface area contributed by atoms with Crippen LogP contribution >= 0.6 is 23.2 Å². The van der Waals surface area contributed by atoms with E-state index < -0.39 is 12.1 Å². The minimum Gasteiger partial charge on any atom is -0.493 e. The number of hydrogen-bond acceptors (Lipinski definition) is 6. The summed E-state index contributed by atoms with van der Waals surface area (Å²) in [7, 11) is 0. The van der Waals surface area contributed by atoms with Crippen LogP contribution in [0.25, 0.3) is 0 Å². The van der Waals surface area contributed by atoms with Crippen molar-refractivity contribution < 1.29 is 19.1 Å². The van der Waals surface area contributed by atoms with Crippen molar-refractivity contribution in [3.8, 4) is 5.75 Å². The van der Waals surface area contributed by atoms with Crippen LogP contribution in [0, 0.1) is 0 Å². The van der Waals surface area contributed by atoms with Crippen molar-refractivity contribution in [1.29, 1.82) is 0 Å². The van der Waals surface area contributed by atoms with Gasteiger partial charge in [0, 0.05) is 49.3 Å². The summed E-state index contributed by atoms with van der Waals surface area (Å²) in [5.74, 6) is 1.32. The molecule has 2 saturated heterocycles. The van der Waals surface area contributed by atoms with Gasteiger partial charge in [-0.1, -0.05) is 59.6 Å². The average molecular weight is 651 g/mol. The number of halogens is 2. The van der Waals surface area contributed by atoms with Crippen LogP contribution in [0.15, 0.2) is 77.8 Å². The summed E-state index contributed by atoms with van der Waals surface area (Å²) in [6.45, 7) is 7.34. The van der Waals surface area contributed by atoms with Crippen molar-refractivity contribution in [2.45, 2.75) is 19.0 Å². The minimum atomic E-state index is -0.443. The Morgan fingerprint density at radius 2 is 1.44 bits per heavy atom. The SMILES string of the molecule is CCOc1ccccc1C1=N[C@@H](c2ccc(Cl)cc2)[C@@H](c2ccc(Cl)cc2)N1C(=O)N1CCN(CC(=O)N2CCOCC2)CC1. The molecule has 0 spiro atoms. The lowest BCUT2D eigenvalue weighted by atomic mass is 9.93. The van der Waals surface area contributed by atoms with E-state index in [2.05, 4.69) is 4.90 Å². The molecule has 45 heavy (non-hydrogen) atoms. The van der Waals surface area contributed by atoms with Crippen LogP contribution in [-0.2, 0) is 9.53 Å². The van der Waals surface area contributed by atoms with Gasteiger partial charge < -0.3 is 19.3 Å². The van der Waals surface area contributed by atoms with E-state index in [1.54, 1.807) is 0 Å². The molecule has 3 heterocycles. The van der Waals surface area contributed by atoms with Crippen LogP contribution in [0.5, 0.6) is 5.75 Å². The van der Waals surface area contributed by atoms with Gasteiger partial charge in [0.15, 0.2) is 0 Å². The first-order chi connectivity index (χ1) is 21.9.